The number of aromatic nitrogens is 6. The van der Waals surface area contributed by atoms with E-state index >= 15 is 0 Å². The second-order valence-electron chi connectivity index (χ2n) is 7.51. The van der Waals surface area contributed by atoms with E-state index in [9.17, 15) is 5.11 Å². The molecule has 4 aromatic rings. The van der Waals surface area contributed by atoms with Crippen molar-refractivity contribution in [3.8, 4) is 0 Å². The molecule has 0 saturated carbocycles. The van der Waals surface area contributed by atoms with Gasteiger partial charge >= 0.3 is 0 Å². The number of anilines is 1. The number of nitrogen functional groups attached to an aromatic ring is 1. The summed E-state index contributed by atoms with van der Waals surface area (Å²) in [7, 11) is 0. The van der Waals surface area contributed by atoms with Crippen LogP contribution in [-0.4, -0.2) is 59.1 Å². The number of nitrogens with two attached hydrogens (primary N) is 1. The van der Waals surface area contributed by atoms with Crippen molar-refractivity contribution < 1.29 is 5.11 Å². The molecule has 0 spiro atoms. The molecule has 0 bridgehead atoms. The molecule has 9 nitrogen and oxygen atoms in total. The van der Waals surface area contributed by atoms with Gasteiger partial charge in [0.15, 0.2) is 5.82 Å². The van der Waals surface area contributed by atoms with Gasteiger partial charge in [-0.15, -0.1) is 5.10 Å². The van der Waals surface area contributed by atoms with Gasteiger partial charge in [-0.25, -0.2) is 14.6 Å². The molecule has 0 radical (unpaired) electrons. The maximum absolute atomic E-state index is 10.6. The fourth-order valence-corrected chi connectivity index (χ4v) is 3.96. The van der Waals surface area contributed by atoms with Crippen molar-refractivity contribution in [3.05, 3.63) is 65.9 Å². The fourth-order valence-electron chi connectivity index (χ4n) is 3.96. The number of likely N-dealkylation sites (tertiary alicyclic amines) is 1. The van der Waals surface area contributed by atoms with E-state index in [-0.39, 0.29) is 5.92 Å². The maximum atomic E-state index is 10.6. The molecule has 1 fully saturated rings. The van der Waals surface area contributed by atoms with Crippen LogP contribution in [0.1, 0.15) is 22.9 Å². The van der Waals surface area contributed by atoms with E-state index in [0.29, 0.717) is 32.0 Å². The first-order valence-electron chi connectivity index (χ1n) is 9.58. The van der Waals surface area contributed by atoms with Crippen LogP contribution in [0.3, 0.4) is 0 Å². The molecule has 4 N–H and O–H groups in total. The SMILES string of the molecule is Nc1ncnc2cc(CN3CC(O)C(c4cn(Cc5ccccc5)nn4)C3)[nH]c12. The second-order valence-corrected chi connectivity index (χ2v) is 7.51. The van der Waals surface area contributed by atoms with E-state index in [1.807, 2.05) is 35.1 Å². The predicted molar refractivity (Wildman–Crippen MR) is 108 cm³/mol. The lowest BCUT2D eigenvalue weighted by Gasteiger charge is -2.13. The quantitative estimate of drug-likeness (QED) is 0.467. The van der Waals surface area contributed by atoms with Crippen molar-refractivity contribution in [1.82, 2.24) is 34.8 Å². The van der Waals surface area contributed by atoms with Crippen LogP contribution in [0, 0.1) is 0 Å². The Balaban J connectivity index is 1.27. The number of rotatable bonds is 5. The standard InChI is InChI=1S/C20H22N8O/c21-20-19-16(22-12-23-20)6-14(24-19)8-27-9-15(18(29)11-27)17-10-28(26-25-17)7-13-4-2-1-3-5-13/h1-6,10,12,15,18,24,29H,7-9,11H2,(H2,21,22,23). The Morgan fingerprint density at radius 3 is 2.83 bits per heavy atom. The number of aromatic amines is 1. The summed E-state index contributed by atoms with van der Waals surface area (Å²) in [6.07, 6.45) is 2.92. The van der Waals surface area contributed by atoms with E-state index in [4.69, 9.17) is 5.73 Å². The molecule has 1 aliphatic rings. The second kappa shape index (κ2) is 7.26. The van der Waals surface area contributed by atoms with Crippen molar-refractivity contribution >= 4 is 16.9 Å². The van der Waals surface area contributed by atoms with E-state index in [0.717, 1.165) is 22.4 Å². The minimum absolute atomic E-state index is 0.0613. The Hall–Kier alpha value is -3.30. The molecule has 3 aromatic heterocycles. The van der Waals surface area contributed by atoms with Gasteiger partial charge in [-0.2, -0.15) is 0 Å². The van der Waals surface area contributed by atoms with Crippen LogP contribution in [0.15, 0.2) is 48.9 Å². The summed E-state index contributed by atoms with van der Waals surface area (Å²) < 4.78 is 1.82. The number of aliphatic hydroxyl groups excluding tert-OH is 1. The lowest BCUT2D eigenvalue weighted by Crippen LogP contribution is -2.21. The summed E-state index contributed by atoms with van der Waals surface area (Å²) in [6.45, 7) is 2.62. The Kier molecular flexibility index (Phi) is 4.45. The van der Waals surface area contributed by atoms with Gasteiger partial charge in [0.05, 0.1) is 23.9 Å². The lowest BCUT2D eigenvalue weighted by atomic mass is 10.0. The summed E-state index contributed by atoms with van der Waals surface area (Å²) in [5.74, 6) is 0.379. The maximum Gasteiger partial charge on any atom is 0.151 e. The highest BCUT2D eigenvalue weighted by molar-refractivity contribution is 5.84. The number of fused-ring (bicyclic) bond motifs is 1. The van der Waals surface area contributed by atoms with Gasteiger partial charge in [0.25, 0.3) is 0 Å². The van der Waals surface area contributed by atoms with Crippen molar-refractivity contribution in [2.45, 2.75) is 25.1 Å². The van der Waals surface area contributed by atoms with Crippen molar-refractivity contribution in [3.63, 3.8) is 0 Å². The van der Waals surface area contributed by atoms with E-state index in [2.05, 4.69) is 42.3 Å². The monoisotopic (exact) mass is 390 g/mol. The summed E-state index contributed by atoms with van der Waals surface area (Å²) in [5.41, 5.74) is 10.4. The summed E-state index contributed by atoms with van der Waals surface area (Å²) in [4.78, 5) is 13.7. The Labute approximate surface area is 167 Å². The first-order valence-corrected chi connectivity index (χ1v) is 9.58. The van der Waals surface area contributed by atoms with Crippen LogP contribution in [0.5, 0.6) is 0 Å². The van der Waals surface area contributed by atoms with Crippen LogP contribution in [-0.2, 0) is 13.1 Å². The first-order chi connectivity index (χ1) is 14.2. The van der Waals surface area contributed by atoms with Gasteiger partial charge < -0.3 is 15.8 Å². The topological polar surface area (TPSA) is 122 Å². The van der Waals surface area contributed by atoms with Crippen LogP contribution in [0.25, 0.3) is 11.0 Å². The summed E-state index contributed by atoms with van der Waals surface area (Å²) >= 11 is 0. The smallest absolute Gasteiger partial charge is 0.151 e. The highest BCUT2D eigenvalue weighted by atomic mass is 16.3. The first kappa shape index (κ1) is 17.8. The number of nitrogens with one attached hydrogen (secondary N) is 1. The molecule has 4 heterocycles. The van der Waals surface area contributed by atoms with Gasteiger partial charge in [0.1, 0.15) is 11.8 Å². The minimum Gasteiger partial charge on any atom is -0.391 e. The molecule has 0 aliphatic carbocycles. The van der Waals surface area contributed by atoms with Gasteiger partial charge in [0.2, 0.25) is 0 Å². The molecule has 5 rings (SSSR count). The van der Waals surface area contributed by atoms with Gasteiger partial charge in [-0.1, -0.05) is 35.5 Å². The number of hydrogen-bond donors (Lipinski definition) is 3. The molecule has 9 heteroatoms. The molecule has 1 aromatic carbocycles. The average Bonchev–Trinajstić information content (AvgIpc) is 3.42. The van der Waals surface area contributed by atoms with Crippen LogP contribution >= 0.6 is 0 Å². The third kappa shape index (κ3) is 3.57. The van der Waals surface area contributed by atoms with Crippen molar-refractivity contribution in [1.29, 1.82) is 0 Å². The average molecular weight is 390 g/mol. The number of aliphatic hydroxyl groups is 1. The van der Waals surface area contributed by atoms with Crippen molar-refractivity contribution in [2.75, 3.05) is 18.8 Å². The third-order valence-corrected chi connectivity index (χ3v) is 5.38. The van der Waals surface area contributed by atoms with Crippen LogP contribution < -0.4 is 5.73 Å². The van der Waals surface area contributed by atoms with Gasteiger partial charge in [0, 0.05) is 37.4 Å². The number of β-amino-alcohol motifs (C(OH)–C–C–N with tert-alkyl or cyclic N) is 1. The fraction of sp³-hybridized carbons (Fsp3) is 0.300. The molecule has 2 atom stereocenters. The van der Waals surface area contributed by atoms with E-state index in [1.54, 1.807) is 0 Å². The van der Waals surface area contributed by atoms with Gasteiger partial charge in [-0.3, -0.25) is 4.90 Å². The molecule has 0 amide bonds. The molecule has 1 aliphatic heterocycles. The van der Waals surface area contributed by atoms with E-state index in [1.165, 1.54) is 11.9 Å². The summed E-state index contributed by atoms with van der Waals surface area (Å²) in [5, 5.41) is 19.2. The highest BCUT2D eigenvalue weighted by Crippen LogP contribution is 2.28. The zero-order chi connectivity index (χ0) is 19.8. The highest BCUT2D eigenvalue weighted by Gasteiger charge is 2.34. The van der Waals surface area contributed by atoms with Crippen LogP contribution in [0.4, 0.5) is 5.82 Å². The molecular formula is C20H22N8O. The molecule has 2 unspecified atom stereocenters. The normalized spacial score (nSPS) is 19.9. The van der Waals surface area contributed by atoms with Gasteiger partial charge in [-0.05, 0) is 11.6 Å². The molecule has 1 saturated heterocycles. The number of benzene rings is 1. The molecule has 148 valence electrons. The minimum atomic E-state index is -0.480. The number of H-pyrrole nitrogens is 1. The number of hydrogen-bond acceptors (Lipinski definition) is 7. The molecule has 29 heavy (non-hydrogen) atoms. The zero-order valence-electron chi connectivity index (χ0n) is 15.8. The molecular weight excluding hydrogens is 368 g/mol. The van der Waals surface area contributed by atoms with Crippen molar-refractivity contribution in [2.24, 2.45) is 0 Å². The number of nitrogens with zero attached hydrogens (tertiary/aromatic N) is 6. The largest absolute Gasteiger partial charge is 0.391 e. The predicted octanol–water partition coefficient (Wildman–Crippen LogP) is 1.14. The third-order valence-electron chi connectivity index (χ3n) is 5.38. The Morgan fingerprint density at radius 2 is 2.00 bits per heavy atom. The Bertz CT molecular complexity index is 1120. The zero-order valence-corrected chi connectivity index (χ0v) is 15.8. The van der Waals surface area contributed by atoms with E-state index < -0.39 is 6.10 Å². The van der Waals surface area contributed by atoms with Crippen LogP contribution in [0.2, 0.25) is 0 Å². The lowest BCUT2D eigenvalue weighted by molar-refractivity contribution is 0.162. The summed E-state index contributed by atoms with van der Waals surface area (Å²) in [6, 6.07) is 12.1. The Morgan fingerprint density at radius 1 is 1.14 bits per heavy atom.